The van der Waals surface area contributed by atoms with Crippen molar-refractivity contribution in [1.82, 2.24) is 0 Å². The first-order valence-electron chi connectivity index (χ1n) is 9.63. The molecule has 0 heterocycles. The first kappa shape index (κ1) is 33.5. The van der Waals surface area contributed by atoms with Crippen molar-refractivity contribution < 1.29 is 42.8 Å². The summed E-state index contributed by atoms with van der Waals surface area (Å²) < 4.78 is 74.2. The summed E-state index contributed by atoms with van der Waals surface area (Å²) in [6.45, 7) is 11.7. The van der Waals surface area contributed by atoms with Crippen molar-refractivity contribution in [3.63, 3.8) is 0 Å². The van der Waals surface area contributed by atoms with Crippen LogP contribution in [0.4, 0.5) is 26.3 Å². The van der Waals surface area contributed by atoms with Crippen LogP contribution >= 0.6 is 0 Å². The van der Waals surface area contributed by atoms with Gasteiger partial charge in [0.1, 0.15) is 0 Å². The van der Waals surface area contributed by atoms with Gasteiger partial charge in [0.25, 0.3) is 0 Å². The summed E-state index contributed by atoms with van der Waals surface area (Å²) in [6.07, 6.45) is -8.53. The predicted octanol–water partition coefficient (Wildman–Crippen LogP) is 6.96. The molecule has 0 N–H and O–H groups in total. The fourth-order valence-electron chi connectivity index (χ4n) is 2.48. The molecule has 0 fully saturated rings. The van der Waals surface area contributed by atoms with Crippen molar-refractivity contribution in [2.24, 2.45) is 0 Å². The molecule has 0 amide bonds. The van der Waals surface area contributed by atoms with E-state index in [-0.39, 0.29) is 54.5 Å². The van der Waals surface area contributed by atoms with Gasteiger partial charge in [0.15, 0.2) is 0 Å². The second-order valence-corrected chi connectivity index (χ2v) is 6.28. The van der Waals surface area contributed by atoms with Crippen LogP contribution in [0, 0.1) is 0 Å². The van der Waals surface area contributed by atoms with Crippen molar-refractivity contribution in [2.75, 3.05) is 26.2 Å². The Morgan fingerprint density at radius 3 is 0.966 bits per heavy atom. The van der Waals surface area contributed by atoms with E-state index in [2.05, 4.69) is 21.3 Å². The van der Waals surface area contributed by atoms with Crippen LogP contribution in [0.1, 0.15) is 54.4 Å². The van der Waals surface area contributed by atoms with E-state index < -0.39 is 24.4 Å². The molecular weight excluding hydrogens is 445 g/mol. The van der Waals surface area contributed by atoms with Gasteiger partial charge in [-0.15, -0.1) is 12.1 Å². The molecule has 11 heteroatoms. The molecule has 182 valence electrons. The Bertz CT molecular complexity index is 335. The third-order valence-corrected chi connectivity index (χ3v) is 3.68. The van der Waals surface area contributed by atoms with Crippen LogP contribution in [0.2, 0.25) is 0 Å². The van der Waals surface area contributed by atoms with E-state index in [1.807, 2.05) is 13.8 Å². The summed E-state index contributed by atoms with van der Waals surface area (Å²) in [7, 11) is 0. The molecule has 0 saturated heterocycles. The Balaban J connectivity index is -0.000000451. The van der Waals surface area contributed by atoms with E-state index in [1.165, 1.54) is 0 Å². The molecule has 0 aliphatic rings. The minimum atomic E-state index is -4.23. The molecule has 4 atom stereocenters. The number of hydrogen-bond acceptors (Lipinski definition) is 0. The van der Waals surface area contributed by atoms with Crippen molar-refractivity contribution in [2.45, 2.75) is 90.9 Å². The maximum absolute atomic E-state index is 12.4. The molecule has 0 aromatic heterocycles. The van der Waals surface area contributed by atoms with Gasteiger partial charge >= 0.3 is 12.4 Å². The Hall–Kier alpha value is -0.0865. The van der Waals surface area contributed by atoms with Gasteiger partial charge in [-0.25, -0.2) is 0 Å². The summed E-state index contributed by atoms with van der Waals surface area (Å²) >= 11 is 0. The van der Waals surface area contributed by atoms with Crippen LogP contribution in [0.5, 0.6) is 0 Å². The van der Waals surface area contributed by atoms with Crippen LogP contribution in [0.3, 0.4) is 0 Å². The van der Waals surface area contributed by atoms with Gasteiger partial charge in [0.05, 0.1) is 0 Å². The van der Waals surface area contributed by atoms with E-state index >= 15 is 0 Å². The van der Waals surface area contributed by atoms with E-state index in [9.17, 15) is 26.3 Å². The second kappa shape index (κ2) is 17.6. The maximum Gasteiger partial charge on any atom is 0.373 e. The second-order valence-electron chi connectivity index (χ2n) is 6.28. The molecule has 4 nitrogen and oxygen atoms in total. The zero-order valence-electron chi connectivity index (χ0n) is 17.9. The first-order chi connectivity index (χ1) is 12.8. The number of nitrogens with zero attached hydrogens (tertiary/aromatic N) is 4. The normalized spacial score (nSPS) is 16.1. The van der Waals surface area contributed by atoms with Crippen molar-refractivity contribution in [3.8, 4) is 0 Å². The van der Waals surface area contributed by atoms with E-state index in [0.29, 0.717) is 13.1 Å². The molecule has 0 aliphatic carbocycles. The van der Waals surface area contributed by atoms with E-state index in [0.717, 1.165) is 0 Å². The molecule has 0 saturated carbocycles. The topological polar surface area (TPSA) is 56.4 Å². The molecule has 0 spiro atoms. The number of halogens is 6. The average molecular weight is 479 g/mol. The summed E-state index contributed by atoms with van der Waals surface area (Å²) in [4.78, 5) is 0. The average Bonchev–Trinajstić information content (AvgIpc) is 2.53. The predicted molar refractivity (Wildman–Crippen MR) is 103 cm³/mol. The molecule has 0 bridgehead atoms. The summed E-state index contributed by atoms with van der Waals surface area (Å²) in [5.41, 5.74) is 0. The van der Waals surface area contributed by atoms with Gasteiger partial charge in [0.2, 0.25) is 0 Å². The third kappa shape index (κ3) is 18.4. The van der Waals surface area contributed by atoms with Crippen molar-refractivity contribution in [3.05, 3.63) is 21.3 Å². The molecule has 4 unspecified atom stereocenters. The van der Waals surface area contributed by atoms with Gasteiger partial charge in [-0.05, 0) is 12.1 Å². The van der Waals surface area contributed by atoms with Crippen molar-refractivity contribution in [1.29, 1.82) is 0 Å². The van der Waals surface area contributed by atoms with Crippen LogP contribution < -0.4 is 0 Å². The van der Waals surface area contributed by atoms with E-state index in [1.54, 1.807) is 27.7 Å². The molecular formula is C18H34F6N4Ni-4. The fourth-order valence-corrected chi connectivity index (χ4v) is 2.48. The third-order valence-electron chi connectivity index (χ3n) is 3.68. The Kier molecular flexibility index (Phi) is 20.3. The Morgan fingerprint density at radius 2 is 0.793 bits per heavy atom. The van der Waals surface area contributed by atoms with Crippen LogP contribution in [-0.4, -0.2) is 62.7 Å². The molecule has 0 aliphatic heterocycles. The van der Waals surface area contributed by atoms with Crippen molar-refractivity contribution >= 4 is 0 Å². The standard InChI is InChI=1S/2C9H17F3N2.Ni/c2*1-4-13-7(3)6-8(14-5-2)9(10,11)12;/h2*7-8H,4-6H2,1-3H3;/q2*-2;. The number of rotatable bonds is 12. The van der Waals surface area contributed by atoms with E-state index in [4.69, 9.17) is 0 Å². The van der Waals surface area contributed by atoms with Crippen LogP contribution in [0.15, 0.2) is 0 Å². The first-order valence-corrected chi connectivity index (χ1v) is 9.63. The largest absolute Gasteiger partial charge is 0.660 e. The van der Waals surface area contributed by atoms with Gasteiger partial charge in [-0.1, -0.05) is 54.4 Å². The molecule has 0 radical (unpaired) electrons. The molecule has 0 rings (SSSR count). The number of alkyl halides is 6. The Morgan fingerprint density at radius 1 is 0.552 bits per heavy atom. The quantitative estimate of drug-likeness (QED) is 0.215. The van der Waals surface area contributed by atoms with Gasteiger partial charge in [-0.2, -0.15) is 52.5 Å². The monoisotopic (exact) mass is 478 g/mol. The molecule has 29 heavy (non-hydrogen) atoms. The SMILES string of the molecule is CC[N-]C(C)CC([N-]CC)C(F)(F)F.CC[N-]C(C)CC([N-]CC)C(F)(F)F.[Ni]. The maximum atomic E-state index is 12.4. The Labute approximate surface area is 181 Å². The zero-order valence-corrected chi connectivity index (χ0v) is 18.9. The molecule has 0 aromatic carbocycles. The molecule has 0 aromatic rings. The smallest absolute Gasteiger partial charge is 0.373 e. The summed E-state index contributed by atoms with van der Waals surface area (Å²) in [5.74, 6) is 0. The van der Waals surface area contributed by atoms with Crippen LogP contribution in [0.25, 0.3) is 21.3 Å². The van der Waals surface area contributed by atoms with Crippen LogP contribution in [-0.2, 0) is 16.5 Å². The van der Waals surface area contributed by atoms with Gasteiger partial charge in [0, 0.05) is 16.5 Å². The zero-order chi connectivity index (χ0) is 22.4. The number of hydrogen-bond donors (Lipinski definition) is 0. The summed E-state index contributed by atoms with van der Waals surface area (Å²) in [5, 5.41) is 15.1. The minimum absolute atomic E-state index is 0. The van der Waals surface area contributed by atoms with Gasteiger partial charge in [-0.3, -0.25) is 0 Å². The summed E-state index contributed by atoms with van der Waals surface area (Å²) in [6, 6.07) is -3.67. The van der Waals surface area contributed by atoms with Gasteiger partial charge < -0.3 is 21.3 Å². The fraction of sp³-hybridized carbons (Fsp3) is 1.00. The minimum Gasteiger partial charge on any atom is -0.660 e.